The van der Waals surface area contributed by atoms with Crippen molar-refractivity contribution in [2.45, 2.75) is 6.04 Å². The van der Waals surface area contributed by atoms with Crippen LogP contribution in [0, 0.1) is 11.3 Å². The van der Waals surface area contributed by atoms with Crippen LogP contribution in [0.15, 0.2) is 54.9 Å². The van der Waals surface area contributed by atoms with Crippen LogP contribution >= 0.6 is 11.6 Å². The van der Waals surface area contributed by atoms with Gasteiger partial charge >= 0.3 is 6.03 Å². The van der Waals surface area contributed by atoms with E-state index in [2.05, 4.69) is 11.1 Å². The number of pyridine rings is 1. The molecular weight excluding hydrogens is 364 g/mol. The van der Waals surface area contributed by atoms with E-state index in [-0.39, 0.29) is 12.6 Å². The molecule has 0 unspecified atom stereocenters. The van der Waals surface area contributed by atoms with Gasteiger partial charge in [0.15, 0.2) is 0 Å². The Balaban J connectivity index is 1.83. The number of methoxy groups -OCH3 is 1. The number of halogens is 1. The van der Waals surface area contributed by atoms with Gasteiger partial charge < -0.3 is 4.74 Å². The Kier molecular flexibility index (Phi) is 4.30. The van der Waals surface area contributed by atoms with Crippen molar-refractivity contribution in [3.8, 4) is 11.8 Å². The summed E-state index contributed by atoms with van der Waals surface area (Å²) >= 11 is 6.12. The van der Waals surface area contributed by atoms with E-state index in [1.54, 1.807) is 30.6 Å². The number of carbonyl (C=O) groups excluding carboxylic acids is 1. The molecule has 0 bridgehead atoms. The van der Waals surface area contributed by atoms with E-state index < -0.39 is 6.04 Å². The fourth-order valence-electron chi connectivity index (χ4n) is 3.33. The normalized spacial score (nSPS) is 16.6. The van der Waals surface area contributed by atoms with Crippen molar-refractivity contribution in [1.29, 1.82) is 5.26 Å². The topological polar surface area (TPSA) is 69.5 Å². The summed E-state index contributed by atoms with van der Waals surface area (Å²) < 4.78 is 5.37. The Labute approximate surface area is 161 Å². The average molecular weight is 379 g/mol. The molecule has 7 heteroatoms. The standard InChI is InChI=1S/C20H15ClN4O2/c1-27-19-7-6-14(21)8-17(19)24-12-15(9-22)25(20(24)26)18-11-23-10-13-4-2-3-5-16(13)18/h2-8,10-11,15H,12H2,1H3/t15-/m1/s1. The first kappa shape index (κ1) is 17.1. The van der Waals surface area contributed by atoms with Gasteiger partial charge in [-0.05, 0) is 18.2 Å². The van der Waals surface area contributed by atoms with Crippen molar-refractivity contribution in [3.63, 3.8) is 0 Å². The predicted molar refractivity (Wildman–Crippen MR) is 104 cm³/mol. The minimum absolute atomic E-state index is 0.204. The highest BCUT2D eigenvalue weighted by Crippen LogP contribution is 2.37. The van der Waals surface area contributed by atoms with Gasteiger partial charge in [0.2, 0.25) is 0 Å². The molecule has 134 valence electrons. The number of rotatable bonds is 3. The number of hydrogen-bond donors (Lipinski definition) is 0. The molecular formula is C20H15ClN4O2. The number of ether oxygens (including phenoxy) is 1. The molecule has 1 fully saturated rings. The van der Waals surface area contributed by atoms with Crippen molar-refractivity contribution in [3.05, 3.63) is 59.9 Å². The van der Waals surface area contributed by atoms with Gasteiger partial charge in [0.25, 0.3) is 0 Å². The second kappa shape index (κ2) is 6.78. The number of anilines is 2. The molecule has 2 heterocycles. The quantitative estimate of drug-likeness (QED) is 0.683. The molecule has 2 amide bonds. The fraction of sp³-hybridized carbons (Fsp3) is 0.150. The van der Waals surface area contributed by atoms with Gasteiger partial charge in [-0.15, -0.1) is 0 Å². The number of amides is 2. The number of nitrogens with zero attached hydrogens (tertiary/aromatic N) is 4. The van der Waals surface area contributed by atoms with E-state index in [9.17, 15) is 10.1 Å². The molecule has 0 saturated carbocycles. The van der Waals surface area contributed by atoms with Gasteiger partial charge in [-0.25, -0.2) is 4.79 Å². The Morgan fingerprint density at radius 1 is 1.22 bits per heavy atom. The first-order valence-corrected chi connectivity index (χ1v) is 8.68. The number of urea groups is 1. The third-order valence-electron chi connectivity index (χ3n) is 4.59. The van der Waals surface area contributed by atoms with Gasteiger partial charge in [0.05, 0.1) is 37.3 Å². The molecule has 1 saturated heterocycles. The zero-order valence-corrected chi connectivity index (χ0v) is 15.2. The number of hydrogen-bond acceptors (Lipinski definition) is 4. The van der Waals surface area contributed by atoms with Crippen LogP contribution in [0.3, 0.4) is 0 Å². The molecule has 1 aliphatic rings. The van der Waals surface area contributed by atoms with Crippen LogP contribution in [0.5, 0.6) is 5.75 Å². The predicted octanol–water partition coefficient (Wildman–Crippen LogP) is 4.24. The van der Waals surface area contributed by atoms with Crippen LogP contribution < -0.4 is 14.5 Å². The highest BCUT2D eigenvalue weighted by molar-refractivity contribution is 6.31. The zero-order valence-electron chi connectivity index (χ0n) is 14.5. The summed E-state index contributed by atoms with van der Waals surface area (Å²) in [5, 5.41) is 11.9. The SMILES string of the molecule is COc1ccc(Cl)cc1N1C[C@@H](C#N)N(c2cncc3ccccc23)C1=O. The number of aromatic nitrogens is 1. The van der Waals surface area contributed by atoms with E-state index in [4.69, 9.17) is 16.3 Å². The molecule has 0 N–H and O–H groups in total. The van der Waals surface area contributed by atoms with Crippen molar-refractivity contribution in [1.82, 2.24) is 4.98 Å². The first-order chi connectivity index (χ1) is 13.1. The van der Waals surface area contributed by atoms with Crippen LogP contribution in [0.25, 0.3) is 10.8 Å². The minimum atomic E-state index is -0.659. The van der Waals surface area contributed by atoms with E-state index in [0.29, 0.717) is 22.1 Å². The van der Waals surface area contributed by atoms with Crippen LogP contribution in [0.2, 0.25) is 5.02 Å². The average Bonchev–Trinajstić information content (AvgIpc) is 3.03. The molecule has 27 heavy (non-hydrogen) atoms. The van der Waals surface area contributed by atoms with Crippen molar-refractivity contribution in [2.75, 3.05) is 23.5 Å². The molecule has 0 radical (unpaired) electrons. The molecule has 1 atom stereocenters. The van der Waals surface area contributed by atoms with Gasteiger partial charge in [0, 0.05) is 22.0 Å². The summed E-state index contributed by atoms with van der Waals surface area (Å²) in [7, 11) is 1.53. The highest BCUT2D eigenvalue weighted by Gasteiger charge is 2.41. The molecule has 3 aromatic rings. The largest absolute Gasteiger partial charge is 0.495 e. The van der Waals surface area contributed by atoms with Crippen molar-refractivity contribution >= 4 is 39.8 Å². The lowest BCUT2D eigenvalue weighted by molar-refractivity contribution is 0.255. The number of carbonyl (C=O) groups is 1. The maximum absolute atomic E-state index is 13.3. The Bertz CT molecular complexity index is 1070. The first-order valence-electron chi connectivity index (χ1n) is 8.30. The smallest absolute Gasteiger partial charge is 0.330 e. The maximum Gasteiger partial charge on any atom is 0.330 e. The summed E-state index contributed by atoms with van der Waals surface area (Å²) in [4.78, 5) is 20.5. The second-order valence-electron chi connectivity index (χ2n) is 6.10. The van der Waals surface area contributed by atoms with E-state index >= 15 is 0 Å². The van der Waals surface area contributed by atoms with Crippen LogP contribution in [-0.2, 0) is 0 Å². The van der Waals surface area contributed by atoms with Crippen LogP contribution in [-0.4, -0.2) is 30.7 Å². The maximum atomic E-state index is 13.3. The Hall–Kier alpha value is -3.30. The summed E-state index contributed by atoms with van der Waals surface area (Å²) in [6, 6.07) is 13.9. The highest BCUT2D eigenvalue weighted by atomic mass is 35.5. The third-order valence-corrected chi connectivity index (χ3v) is 4.83. The second-order valence-corrected chi connectivity index (χ2v) is 6.54. The minimum Gasteiger partial charge on any atom is -0.495 e. The van der Waals surface area contributed by atoms with E-state index in [1.807, 2.05) is 24.3 Å². The summed E-state index contributed by atoms with van der Waals surface area (Å²) in [5.74, 6) is 0.516. The Morgan fingerprint density at radius 2 is 2.04 bits per heavy atom. The van der Waals surface area contributed by atoms with E-state index in [1.165, 1.54) is 16.9 Å². The number of fused-ring (bicyclic) bond motifs is 1. The summed E-state index contributed by atoms with van der Waals surface area (Å²) in [6.45, 7) is 0.204. The molecule has 6 nitrogen and oxygen atoms in total. The van der Waals surface area contributed by atoms with E-state index in [0.717, 1.165) is 10.8 Å². The molecule has 4 rings (SSSR count). The van der Waals surface area contributed by atoms with Gasteiger partial charge in [-0.3, -0.25) is 14.8 Å². The monoisotopic (exact) mass is 378 g/mol. The van der Waals surface area contributed by atoms with Crippen LogP contribution in [0.1, 0.15) is 0 Å². The summed E-state index contributed by atoms with van der Waals surface area (Å²) in [6.07, 6.45) is 3.35. The summed E-state index contributed by atoms with van der Waals surface area (Å²) in [5.41, 5.74) is 1.14. The van der Waals surface area contributed by atoms with Crippen molar-refractivity contribution < 1.29 is 9.53 Å². The third kappa shape index (κ3) is 2.82. The van der Waals surface area contributed by atoms with Gasteiger partial charge in [-0.1, -0.05) is 35.9 Å². The lowest BCUT2D eigenvalue weighted by Gasteiger charge is -2.22. The zero-order chi connectivity index (χ0) is 19.0. The molecule has 0 aliphatic carbocycles. The fourth-order valence-corrected chi connectivity index (χ4v) is 3.50. The molecule has 1 aliphatic heterocycles. The number of nitriles is 1. The van der Waals surface area contributed by atoms with Gasteiger partial charge in [0.1, 0.15) is 11.8 Å². The van der Waals surface area contributed by atoms with Gasteiger partial charge in [-0.2, -0.15) is 5.26 Å². The van der Waals surface area contributed by atoms with Crippen molar-refractivity contribution in [2.24, 2.45) is 0 Å². The molecule has 2 aromatic carbocycles. The lowest BCUT2D eigenvalue weighted by atomic mass is 10.1. The molecule has 1 aromatic heterocycles. The lowest BCUT2D eigenvalue weighted by Crippen LogP contribution is -2.34. The molecule has 0 spiro atoms. The number of benzene rings is 2. The Morgan fingerprint density at radius 3 is 2.81 bits per heavy atom. The van der Waals surface area contributed by atoms with Crippen LogP contribution in [0.4, 0.5) is 16.2 Å².